The third-order valence-electron chi connectivity index (χ3n) is 2.91. The summed E-state index contributed by atoms with van der Waals surface area (Å²) in [6, 6.07) is 4.33. The van der Waals surface area contributed by atoms with Gasteiger partial charge in [0.2, 0.25) is 0 Å². The first-order valence-corrected chi connectivity index (χ1v) is 5.71. The van der Waals surface area contributed by atoms with E-state index >= 15 is 0 Å². The highest BCUT2D eigenvalue weighted by molar-refractivity contribution is 5.42. The Hall–Kier alpha value is -1.05. The van der Waals surface area contributed by atoms with E-state index in [1.54, 1.807) is 0 Å². The zero-order valence-corrected chi connectivity index (χ0v) is 10.1. The highest BCUT2D eigenvalue weighted by Gasteiger charge is 2.30. The summed E-state index contributed by atoms with van der Waals surface area (Å²) in [5, 5.41) is 3.11. The second-order valence-electron chi connectivity index (χ2n) is 5.41. The minimum Gasteiger partial charge on any atom is -0.373 e. The van der Waals surface area contributed by atoms with Crippen molar-refractivity contribution in [2.24, 2.45) is 0 Å². The van der Waals surface area contributed by atoms with Crippen molar-refractivity contribution < 1.29 is 0 Å². The van der Waals surface area contributed by atoms with Crippen LogP contribution >= 0.6 is 0 Å². The average molecular weight is 204 g/mol. The first-order valence-electron chi connectivity index (χ1n) is 5.71. The molecule has 1 aliphatic rings. The molecule has 0 aromatic carbocycles. The van der Waals surface area contributed by atoms with Crippen LogP contribution in [-0.4, -0.2) is 12.0 Å². The Morgan fingerprint density at radius 3 is 2.40 bits per heavy atom. The second-order valence-corrected chi connectivity index (χ2v) is 5.41. The van der Waals surface area contributed by atoms with Crippen molar-refractivity contribution in [3.05, 3.63) is 23.4 Å². The molecule has 0 radical (unpaired) electrons. The molecular formula is C13H20N2. The second kappa shape index (κ2) is 3.51. The van der Waals surface area contributed by atoms with Gasteiger partial charge >= 0.3 is 0 Å². The number of pyridine rings is 1. The van der Waals surface area contributed by atoms with Gasteiger partial charge in [0.1, 0.15) is 5.82 Å². The van der Waals surface area contributed by atoms with Gasteiger partial charge in [0.15, 0.2) is 0 Å². The van der Waals surface area contributed by atoms with Gasteiger partial charge in [-0.1, -0.05) is 26.8 Å². The molecule has 1 saturated carbocycles. The van der Waals surface area contributed by atoms with E-state index < -0.39 is 0 Å². The van der Waals surface area contributed by atoms with Crippen LogP contribution in [0.15, 0.2) is 12.1 Å². The van der Waals surface area contributed by atoms with Gasteiger partial charge < -0.3 is 5.32 Å². The van der Waals surface area contributed by atoms with Crippen molar-refractivity contribution in [2.45, 2.75) is 44.9 Å². The van der Waals surface area contributed by atoms with E-state index in [0.29, 0.717) is 0 Å². The monoisotopic (exact) mass is 204 g/mol. The molecule has 2 rings (SSSR count). The lowest BCUT2D eigenvalue weighted by atomic mass is 9.87. The van der Waals surface area contributed by atoms with Crippen molar-refractivity contribution in [1.82, 2.24) is 4.98 Å². The lowest BCUT2D eigenvalue weighted by Crippen LogP contribution is -2.17. The average Bonchev–Trinajstić information content (AvgIpc) is 2.99. The lowest BCUT2D eigenvalue weighted by Gasteiger charge is -2.22. The predicted molar refractivity (Wildman–Crippen MR) is 64.5 cm³/mol. The molecule has 0 amide bonds. The molecule has 1 aliphatic carbocycles. The number of hydrogen-bond acceptors (Lipinski definition) is 2. The van der Waals surface area contributed by atoms with Gasteiger partial charge in [0.25, 0.3) is 0 Å². The van der Waals surface area contributed by atoms with E-state index in [2.05, 4.69) is 38.2 Å². The molecule has 2 nitrogen and oxygen atoms in total. The smallest absolute Gasteiger partial charge is 0.125 e. The fraction of sp³-hybridized carbons (Fsp3) is 0.615. The maximum atomic E-state index is 4.71. The molecule has 0 aliphatic heterocycles. The molecular weight excluding hydrogens is 184 g/mol. The number of rotatable bonds is 2. The highest BCUT2D eigenvalue weighted by atomic mass is 15.0. The van der Waals surface area contributed by atoms with Crippen LogP contribution in [0, 0.1) is 0 Å². The quantitative estimate of drug-likeness (QED) is 0.799. The summed E-state index contributed by atoms with van der Waals surface area (Å²) in [5.41, 5.74) is 2.86. The normalized spacial score (nSPS) is 16.5. The van der Waals surface area contributed by atoms with Gasteiger partial charge in [-0.3, -0.25) is 0 Å². The van der Waals surface area contributed by atoms with E-state index in [-0.39, 0.29) is 5.41 Å². The molecule has 0 saturated heterocycles. The maximum absolute atomic E-state index is 4.71. The molecule has 0 bridgehead atoms. The third-order valence-corrected chi connectivity index (χ3v) is 2.91. The minimum atomic E-state index is 0.144. The van der Waals surface area contributed by atoms with Gasteiger partial charge in [-0.25, -0.2) is 4.98 Å². The summed E-state index contributed by atoms with van der Waals surface area (Å²) in [5.74, 6) is 1.75. The summed E-state index contributed by atoms with van der Waals surface area (Å²) < 4.78 is 0. The van der Waals surface area contributed by atoms with Crippen molar-refractivity contribution >= 4 is 5.82 Å². The van der Waals surface area contributed by atoms with E-state index in [9.17, 15) is 0 Å². The Bertz CT molecular complexity index is 359. The van der Waals surface area contributed by atoms with Crippen molar-refractivity contribution in [3.8, 4) is 0 Å². The Balaban J connectivity index is 2.45. The summed E-state index contributed by atoms with van der Waals surface area (Å²) in [6.45, 7) is 6.71. The number of anilines is 1. The Morgan fingerprint density at radius 2 is 1.93 bits per heavy atom. The molecule has 0 unspecified atom stereocenters. The van der Waals surface area contributed by atoms with Gasteiger partial charge in [-0.2, -0.15) is 0 Å². The van der Waals surface area contributed by atoms with Gasteiger partial charge in [0.05, 0.1) is 5.69 Å². The van der Waals surface area contributed by atoms with Crippen LogP contribution < -0.4 is 5.32 Å². The van der Waals surface area contributed by atoms with Crippen LogP contribution in [0.4, 0.5) is 5.82 Å². The topological polar surface area (TPSA) is 24.9 Å². The van der Waals surface area contributed by atoms with Crippen LogP contribution in [0.1, 0.15) is 50.8 Å². The van der Waals surface area contributed by atoms with Crippen LogP contribution in [0.25, 0.3) is 0 Å². The van der Waals surface area contributed by atoms with E-state index in [1.165, 1.54) is 24.1 Å². The summed E-state index contributed by atoms with van der Waals surface area (Å²) in [6.07, 6.45) is 2.67. The standard InChI is InChI=1S/C13H20N2/c1-13(2,3)12-10(9-5-6-9)7-8-11(14-4)15-12/h7-9H,5-6H2,1-4H3,(H,14,15). The van der Waals surface area contributed by atoms with E-state index in [1.807, 2.05) is 7.05 Å². The molecule has 1 N–H and O–H groups in total. The number of nitrogens with zero attached hydrogens (tertiary/aromatic N) is 1. The molecule has 1 aromatic rings. The summed E-state index contributed by atoms with van der Waals surface area (Å²) in [7, 11) is 1.92. The van der Waals surface area contributed by atoms with Gasteiger partial charge in [0, 0.05) is 12.5 Å². The lowest BCUT2D eigenvalue weighted by molar-refractivity contribution is 0.561. The van der Waals surface area contributed by atoms with Crippen LogP contribution in [-0.2, 0) is 5.41 Å². The largest absolute Gasteiger partial charge is 0.373 e. The predicted octanol–water partition coefficient (Wildman–Crippen LogP) is 3.30. The first kappa shape index (κ1) is 10.5. The van der Waals surface area contributed by atoms with Crippen molar-refractivity contribution in [2.75, 3.05) is 12.4 Å². The van der Waals surface area contributed by atoms with Gasteiger partial charge in [-0.05, 0) is 30.4 Å². The maximum Gasteiger partial charge on any atom is 0.125 e. The first-order chi connectivity index (χ1) is 7.02. The minimum absolute atomic E-state index is 0.144. The molecule has 1 fully saturated rings. The highest BCUT2D eigenvalue weighted by Crippen LogP contribution is 2.44. The fourth-order valence-corrected chi connectivity index (χ4v) is 1.93. The zero-order valence-electron chi connectivity index (χ0n) is 10.1. The van der Waals surface area contributed by atoms with Crippen molar-refractivity contribution in [3.63, 3.8) is 0 Å². The summed E-state index contributed by atoms with van der Waals surface area (Å²) in [4.78, 5) is 4.71. The van der Waals surface area contributed by atoms with Crippen LogP contribution in [0.2, 0.25) is 0 Å². The van der Waals surface area contributed by atoms with E-state index in [0.717, 1.165) is 11.7 Å². The van der Waals surface area contributed by atoms with Gasteiger partial charge in [-0.15, -0.1) is 0 Å². The van der Waals surface area contributed by atoms with Crippen molar-refractivity contribution in [1.29, 1.82) is 0 Å². The SMILES string of the molecule is CNc1ccc(C2CC2)c(C(C)(C)C)n1. The zero-order chi connectivity index (χ0) is 11.1. The summed E-state index contributed by atoms with van der Waals surface area (Å²) >= 11 is 0. The fourth-order valence-electron chi connectivity index (χ4n) is 1.93. The third kappa shape index (κ3) is 2.14. The molecule has 0 spiro atoms. The van der Waals surface area contributed by atoms with Crippen LogP contribution in [0.5, 0.6) is 0 Å². The molecule has 1 heterocycles. The Kier molecular flexibility index (Phi) is 2.45. The number of aromatic nitrogens is 1. The van der Waals surface area contributed by atoms with Crippen LogP contribution in [0.3, 0.4) is 0 Å². The molecule has 0 atom stereocenters. The number of nitrogens with one attached hydrogen (secondary N) is 1. The molecule has 2 heteroatoms. The molecule has 1 aromatic heterocycles. The van der Waals surface area contributed by atoms with E-state index in [4.69, 9.17) is 4.98 Å². The Labute approximate surface area is 92.1 Å². The number of hydrogen-bond donors (Lipinski definition) is 1. The molecule has 82 valence electrons. The molecule has 15 heavy (non-hydrogen) atoms. The Morgan fingerprint density at radius 1 is 1.27 bits per heavy atom.